The Bertz CT molecular complexity index is 106. The van der Waals surface area contributed by atoms with Gasteiger partial charge in [0, 0.05) is 0 Å². The second-order valence-corrected chi connectivity index (χ2v) is 0.860. The third kappa shape index (κ3) is 1.94. The summed E-state index contributed by atoms with van der Waals surface area (Å²) in [5.41, 5.74) is 0. The fourth-order valence-electron chi connectivity index (χ4n) is 0.0356. The lowest BCUT2D eigenvalue weighted by Crippen LogP contribution is -2.12. The van der Waals surface area contributed by atoms with Crippen LogP contribution in [0.4, 0.5) is 0 Å². The Morgan fingerprint density at radius 1 is 1.57 bits per heavy atom. The van der Waals surface area contributed by atoms with Gasteiger partial charge in [0.2, 0.25) is 0 Å². The van der Waals surface area contributed by atoms with Crippen molar-refractivity contribution in [3.8, 4) is 0 Å². The highest BCUT2D eigenvalue weighted by Crippen LogP contribution is 1.61. The van der Waals surface area contributed by atoms with E-state index in [1.807, 2.05) is 0 Å². The molecule has 0 amide bonds. The first kappa shape index (κ1) is 6.16. The van der Waals surface area contributed by atoms with Crippen LogP contribution in [0.5, 0.6) is 0 Å². The van der Waals surface area contributed by atoms with Crippen molar-refractivity contribution in [3.05, 3.63) is 0 Å². The highest BCUT2D eigenvalue weighted by Gasteiger charge is 2.15. The first-order valence-electron chi connectivity index (χ1n) is 1.27. The van der Waals surface area contributed by atoms with Gasteiger partial charge in [0.05, 0.1) is 0 Å². The predicted octanol–water partition coefficient (Wildman–Crippen LogP) is -0.847. The molecule has 0 aliphatic heterocycles. The molecule has 0 unspecified atom stereocenters. The molecule has 0 bridgehead atoms. The van der Waals surface area contributed by atoms with Crippen molar-refractivity contribution >= 4 is 24.8 Å². The van der Waals surface area contributed by atoms with E-state index in [1.54, 1.807) is 0 Å². The Balaban J connectivity index is 3.82. The van der Waals surface area contributed by atoms with Crippen LogP contribution in [0, 0.1) is 0 Å². The minimum absolute atomic E-state index is 1.17. The molecule has 0 aliphatic rings. The van der Waals surface area contributed by atoms with E-state index in [0.717, 1.165) is 0 Å². The number of aliphatic hydroxyl groups excluding tert-OH is 1. The number of carbonyl (C=O) groups is 1. The molecule has 4 nitrogen and oxygen atoms in total. The minimum Gasteiger partial charge on any atom is -0.469 e. The van der Waals surface area contributed by atoms with Gasteiger partial charge in [0.25, 0.3) is 0 Å². The lowest BCUT2D eigenvalue weighted by atomic mass is 10.7. The third-order valence-electron chi connectivity index (χ3n) is 0.262. The van der Waals surface area contributed by atoms with Crippen LogP contribution in [0.2, 0.25) is 0 Å². The van der Waals surface area contributed by atoms with Gasteiger partial charge in [-0.25, -0.2) is 4.79 Å². The summed E-state index contributed by atoms with van der Waals surface area (Å²) in [6.07, 6.45) is 0. The number of carboxylic acids is 2. The Hall–Kier alpha value is -0.840. The Labute approximate surface area is 44.7 Å². The van der Waals surface area contributed by atoms with Crippen molar-refractivity contribution in [2.75, 3.05) is 0 Å². The molecule has 0 aromatic rings. The van der Waals surface area contributed by atoms with Gasteiger partial charge in [-0.05, 0) is 0 Å². The van der Waals surface area contributed by atoms with E-state index in [4.69, 9.17) is 10.2 Å². The molecule has 0 rings (SSSR count). The molecule has 0 atom stereocenters. The number of rotatable bonds is 0. The maximum atomic E-state index is 9.45. The standard InChI is InChI=1S/C2H2O4S/c3-1(4)2(5)6-7/h5H,(H,3,4). The second-order valence-electron chi connectivity index (χ2n) is 0.694. The molecular formula is C2H2O4S. The number of hydrogen-bond donors (Lipinski definition) is 2. The van der Waals surface area contributed by atoms with E-state index in [0.29, 0.717) is 0 Å². The lowest BCUT2D eigenvalue weighted by Gasteiger charge is -1.77. The molecule has 7 heavy (non-hydrogen) atoms. The average Bonchev–Trinajstić information content (AvgIpc) is 1.65. The second kappa shape index (κ2) is 2.35. The van der Waals surface area contributed by atoms with Crippen LogP contribution in [0.15, 0.2) is 0 Å². The van der Waals surface area contributed by atoms with Crippen molar-refractivity contribution in [2.45, 2.75) is 0 Å². The van der Waals surface area contributed by atoms with Crippen LogP contribution in [-0.2, 0) is 21.6 Å². The highest BCUT2D eigenvalue weighted by atomic mass is 32.1. The fourth-order valence-corrected chi connectivity index (χ4v) is 0.107. The number of carboxylic acid groups (broad SMARTS) is 2. The molecule has 0 aliphatic carbocycles. The van der Waals surface area contributed by atoms with Crippen LogP contribution >= 0.6 is 0 Å². The highest BCUT2D eigenvalue weighted by molar-refractivity contribution is 7.50. The zero-order valence-electron chi connectivity index (χ0n) is 3.12. The quantitative estimate of drug-likeness (QED) is 0.249. The van der Waals surface area contributed by atoms with Crippen molar-refractivity contribution in [1.29, 1.82) is 0 Å². The number of aliphatic carboxylic acids is 2. The van der Waals surface area contributed by atoms with Gasteiger partial charge in [0.15, 0.2) is 0 Å². The van der Waals surface area contributed by atoms with E-state index in [2.05, 4.69) is 16.8 Å². The summed E-state index contributed by atoms with van der Waals surface area (Å²) in [4.78, 5) is 9.45. The molecule has 2 N–H and O–H groups in total. The van der Waals surface area contributed by atoms with Gasteiger partial charge >= 0.3 is 11.9 Å². The summed E-state index contributed by atoms with van der Waals surface area (Å²) >= 11 is 3.68. The summed E-state index contributed by atoms with van der Waals surface area (Å²) in [6, 6.07) is 0. The maximum Gasteiger partial charge on any atom is 0.582 e. The zero-order chi connectivity index (χ0) is 5.86. The Morgan fingerprint density at radius 3 is 2.00 bits per heavy atom. The molecule has 0 saturated heterocycles. The zero-order valence-corrected chi connectivity index (χ0v) is 3.94. The van der Waals surface area contributed by atoms with Gasteiger partial charge in [-0.15, -0.1) is 0 Å². The third-order valence-corrected chi connectivity index (χ3v) is 0.420. The molecule has 0 aromatic carbocycles. The van der Waals surface area contributed by atoms with Gasteiger partial charge in [-0.2, -0.15) is 0 Å². The molecule has 0 aromatic heterocycles. The topological polar surface area (TPSA) is 68.8 Å². The molecular weight excluding hydrogens is 120 g/mol. The monoisotopic (exact) mass is 122 g/mol. The fraction of sp³-hybridized carbons (Fsp3) is 0. The molecule has 0 saturated carbocycles. The van der Waals surface area contributed by atoms with Gasteiger partial charge < -0.3 is 27.0 Å². The largest absolute Gasteiger partial charge is 0.582 e. The Kier molecular flexibility index (Phi) is 2.07. The van der Waals surface area contributed by atoms with Crippen molar-refractivity contribution in [1.82, 2.24) is 0 Å². The Morgan fingerprint density at radius 2 is 2.00 bits per heavy atom. The summed E-state index contributed by atoms with van der Waals surface area (Å²) in [7, 11) is 0. The molecule has 0 heterocycles. The number of hydrogen-bond acceptors (Lipinski definition) is 2. The van der Waals surface area contributed by atoms with E-state index in [-0.39, 0.29) is 0 Å². The van der Waals surface area contributed by atoms with Crippen LogP contribution in [0.25, 0.3) is 0 Å². The summed E-state index contributed by atoms with van der Waals surface area (Å²) < 4.78 is 3.47. The minimum atomic E-state index is -1.56. The van der Waals surface area contributed by atoms with Crippen molar-refractivity contribution in [2.24, 2.45) is 0 Å². The molecule has 0 fully saturated rings. The van der Waals surface area contributed by atoms with Crippen LogP contribution < -0.4 is 0 Å². The van der Waals surface area contributed by atoms with E-state index in [9.17, 15) is 4.79 Å². The van der Waals surface area contributed by atoms with Gasteiger partial charge in [-0.3, -0.25) is 0 Å². The van der Waals surface area contributed by atoms with Crippen LogP contribution in [0.3, 0.4) is 0 Å². The van der Waals surface area contributed by atoms with Crippen LogP contribution in [-0.4, -0.2) is 22.2 Å². The van der Waals surface area contributed by atoms with E-state index >= 15 is 0 Å². The van der Waals surface area contributed by atoms with E-state index in [1.165, 1.54) is 0 Å². The molecule has 5 heteroatoms. The van der Waals surface area contributed by atoms with E-state index < -0.39 is 11.9 Å². The smallest absolute Gasteiger partial charge is 0.469 e. The van der Waals surface area contributed by atoms with Crippen LogP contribution in [0.1, 0.15) is 0 Å². The summed E-state index contributed by atoms with van der Waals surface area (Å²) in [5, 5.41) is 15.6. The first-order valence-corrected chi connectivity index (χ1v) is 1.61. The first-order chi connectivity index (χ1) is 3.18. The van der Waals surface area contributed by atoms with Gasteiger partial charge in [0.1, 0.15) is 0 Å². The SMILES string of the molecule is O=C(O)C(O)=[O+][S-]. The van der Waals surface area contributed by atoms with Crippen molar-refractivity contribution in [3.63, 3.8) is 0 Å². The van der Waals surface area contributed by atoms with Crippen molar-refractivity contribution < 1.29 is 18.9 Å². The van der Waals surface area contributed by atoms with Gasteiger partial charge in [-0.1, -0.05) is 0 Å². The molecule has 0 radical (unpaired) electrons. The average molecular weight is 122 g/mol. The summed E-state index contributed by atoms with van der Waals surface area (Å²) in [6.45, 7) is 0. The summed E-state index contributed by atoms with van der Waals surface area (Å²) in [5.74, 6) is -2.73. The molecule has 40 valence electrons. The molecule has 0 spiro atoms. The predicted molar refractivity (Wildman–Crippen MR) is 22.6 cm³/mol. The normalized spacial score (nSPS) is 11.1. The maximum absolute atomic E-state index is 9.45. The lowest BCUT2D eigenvalue weighted by molar-refractivity contribution is -0.258.